The first kappa shape index (κ1) is 20.6. The van der Waals surface area contributed by atoms with Crippen molar-refractivity contribution in [1.29, 1.82) is 0 Å². The molecule has 1 aliphatic carbocycles. The lowest BCUT2D eigenvalue weighted by Crippen LogP contribution is -2.28. The monoisotopic (exact) mass is 400 g/mol. The predicted octanol–water partition coefficient (Wildman–Crippen LogP) is 4.38. The number of hydrogen-bond donors (Lipinski definition) is 1. The molecule has 150 valence electrons. The molecule has 0 spiro atoms. The number of hydrogen-bond acceptors (Lipinski definition) is 5. The summed E-state index contributed by atoms with van der Waals surface area (Å²) in [6, 6.07) is 9.07. The predicted molar refractivity (Wildman–Crippen MR) is 113 cm³/mol. The Morgan fingerprint density at radius 3 is 2.54 bits per heavy atom. The molecule has 0 fully saturated rings. The van der Waals surface area contributed by atoms with E-state index in [0.717, 1.165) is 50.9 Å². The fourth-order valence-corrected chi connectivity index (χ4v) is 4.79. The van der Waals surface area contributed by atoms with Gasteiger partial charge in [-0.05, 0) is 56.5 Å². The molecule has 0 atom stereocenters. The molecule has 1 aliphatic rings. The lowest BCUT2D eigenvalue weighted by Gasteiger charge is -2.18. The van der Waals surface area contributed by atoms with Crippen molar-refractivity contribution in [3.8, 4) is 0 Å². The van der Waals surface area contributed by atoms with E-state index < -0.39 is 0 Å². The molecule has 28 heavy (non-hydrogen) atoms. The number of amides is 1. The van der Waals surface area contributed by atoms with Crippen LogP contribution in [0.2, 0.25) is 0 Å². The summed E-state index contributed by atoms with van der Waals surface area (Å²) in [4.78, 5) is 28.9. The molecule has 0 saturated carbocycles. The second-order valence-electron chi connectivity index (χ2n) is 6.90. The molecular formula is C22H28N2O3S. The van der Waals surface area contributed by atoms with Gasteiger partial charge >= 0.3 is 5.97 Å². The van der Waals surface area contributed by atoms with Crippen molar-refractivity contribution in [2.75, 3.05) is 31.6 Å². The molecule has 3 rings (SSSR count). The van der Waals surface area contributed by atoms with E-state index in [4.69, 9.17) is 4.74 Å². The Labute approximate surface area is 170 Å². The summed E-state index contributed by atoms with van der Waals surface area (Å²) in [5.41, 5.74) is 2.20. The van der Waals surface area contributed by atoms with Crippen LogP contribution in [-0.4, -0.2) is 43.0 Å². The van der Waals surface area contributed by atoms with Gasteiger partial charge in [0.25, 0.3) is 5.91 Å². The molecular weight excluding hydrogens is 372 g/mol. The lowest BCUT2D eigenvalue weighted by atomic mass is 9.95. The van der Waals surface area contributed by atoms with Crippen molar-refractivity contribution in [2.45, 2.75) is 39.5 Å². The number of esters is 1. The Balaban J connectivity index is 1.78. The van der Waals surface area contributed by atoms with E-state index in [1.807, 2.05) is 18.2 Å². The SMILES string of the molecule is CCN(CC)CCOC(=O)c1c(NC(=O)c2ccccc2)sc2c1CCCC2. The van der Waals surface area contributed by atoms with E-state index in [-0.39, 0.29) is 11.9 Å². The maximum atomic E-state index is 12.9. The molecule has 1 aromatic carbocycles. The van der Waals surface area contributed by atoms with Gasteiger partial charge in [-0.3, -0.25) is 4.79 Å². The molecule has 1 heterocycles. The van der Waals surface area contributed by atoms with Crippen molar-refractivity contribution >= 4 is 28.2 Å². The normalized spacial score (nSPS) is 13.2. The van der Waals surface area contributed by atoms with Crippen LogP contribution >= 0.6 is 11.3 Å². The van der Waals surface area contributed by atoms with E-state index >= 15 is 0 Å². The average molecular weight is 401 g/mol. The summed E-state index contributed by atoms with van der Waals surface area (Å²) in [6.45, 7) is 7.13. The Morgan fingerprint density at radius 2 is 1.82 bits per heavy atom. The number of benzene rings is 1. The first-order valence-electron chi connectivity index (χ1n) is 10.0. The fourth-order valence-electron chi connectivity index (χ4n) is 3.51. The maximum Gasteiger partial charge on any atom is 0.341 e. The summed E-state index contributed by atoms with van der Waals surface area (Å²) in [6.07, 6.45) is 4.01. The maximum absolute atomic E-state index is 12.9. The standard InChI is InChI=1S/C22H28N2O3S/c1-3-24(4-2)14-15-27-22(26)19-17-12-8-9-13-18(17)28-21(19)23-20(25)16-10-6-5-7-11-16/h5-7,10-11H,3-4,8-9,12-15H2,1-2H3,(H,23,25). The number of nitrogens with one attached hydrogen (secondary N) is 1. The second-order valence-corrected chi connectivity index (χ2v) is 8.00. The molecule has 0 bridgehead atoms. The molecule has 0 unspecified atom stereocenters. The smallest absolute Gasteiger partial charge is 0.341 e. The number of rotatable bonds is 8. The van der Waals surface area contributed by atoms with Crippen LogP contribution in [0.3, 0.4) is 0 Å². The van der Waals surface area contributed by atoms with Gasteiger partial charge < -0.3 is 15.0 Å². The van der Waals surface area contributed by atoms with Crippen LogP contribution in [0.25, 0.3) is 0 Å². The van der Waals surface area contributed by atoms with Crippen molar-refractivity contribution < 1.29 is 14.3 Å². The van der Waals surface area contributed by atoms with Crippen molar-refractivity contribution in [3.63, 3.8) is 0 Å². The van der Waals surface area contributed by atoms with Crippen LogP contribution < -0.4 is 5.32 Å². The molecule has 0 radical (unpaired) electrons. The molecule has 0 saturated heterocycles. The van der Waals surface area contributed by atoms with Crippen molar-refractivity contribution in [3.05, 3.63) is 51.9 Å². The third kappa shape index (κ3) is 4.80. The van der Waals surface area contributed by atoms with Gasteiger partial charge in [0, 0.05) is 17.0 Å². The van der Waals surface area contributed by atoms with Gasteiger partial charge in [0.15, 0.2) is 0 Å². The number of ether oxygens (including phenoxy) is 1. The summed E-state index contributed by atoms with van der Waals surface area (Å²) in [5.74, 6) is -0.522. The van der Waals surface area contributed by atoms with Crippen LogP contribution in [-0.2, 0) is 17.6 Å². The number of aryl methyl sites for hydroxylation is 1. The highest BCUT2D eigenvalue weighted by Crippen LogP contribution is 2.38. The van der Waals surface area contributed by atoms with E-state index in [1.165, 1.54) is 16.2 Å². The van der Waals surface area contributed by atoms with Gasteiger partial charge in [-0.25, -0.2) is 4.79 Å². The molecule has 1 N–H and O–H groups in total. The zero-order valence-electron chi connectivity index (χ0n) is 16.6. The number of likely N-dealkylation sites (N-methyl/N-ethyl adjacent to an activating group) is 1. The molecule has 2 aromatic rings. The van der Waals surface area contributed by atoms with E-state index in [1.54, 1.807) is 12.1 Å². The highest BCUT2D eigenvalue weighted by Gasteiger charge is 2.27. The quantitative estimate of drug-likeness (QED) is 0.668. The first-order chi connectivity index (χ1) is 13.6. The van der Waals surface area contributed by atoms with Crippen molar-refractivity contribution in [1.82, 2.24) is 4.90 Å². The van der Waals surface area contributed by atoms with Crippen LogP contribution in [0.5, 0.6) is 0 Å². The highest BCUT2D eigenvalue weighted by atomic mass is 32.1. The average Bonchev–Trinajstić information content (AvgIpc) is 3.09. The van der Waals surface area contributed by atoms with Crippen LogP contribution in [0.4, 0.5) is 5.00 Å². The van der Waals surface area contributed by atoms with E-state index in [2.05, 4.69) is 24.1 Å². The van der Waals surface area contributed by atoms with Gasteiger partial charge in [0.2, 0.25) is 0 Å². The number of anilines is 1. The summed E-state index contributed by atoms with van der Waals surface area (Å²) in [5, 5.41) is 3.57. The number of thiophene rings is 1. The third-order valence-electron chi connectivity index (χ3n) is 5.17. The Morgan fingerprint density at radius 1 is 1.11 bits per heavy atom. The van der Waals surface area contributed by atoms with Crippen LogP contribution in [0, 0.1) is 0 Å². The largest absolute Gasteiger partial charge is 0.461 e. The van der Waals surface area contributed by atoms with Gasteiger partial charge in [-0.1, -0.05) is 32.0 Å². The second kappa shape index (κ2) is 9.85. The number of carbonyl (C=O) groups excluding carboxylic acids is 2. The third-order valence-corrected chi connectivity index (χ3v) is 6.38. The Kier molecular flexibility index (Phi) is 7.23. The van der Waals surface area contributed by atoms with Crippen LogP contribution in [0.15, 0.2) is 30.3 Å². The molecule has 6 heteroatoms. The van der Waals surface area contributed by atoms with Gasteiger partial charge in [-0.2, -0.15) is 0 Å². The topological polar surface area (TPSA) is 58.6 Å². The number of nitrogens with zero attached hydrogens (tertiary/aromatic N) is 1. The Hall–Kier alpha value is -2.18. The van der Waals surface area contributed by atoms with Crippen molar-refractivity contribution in [2.24, 2.45) is 0 Å². The van der Waals surface area contributed by atoms with Crippen LogP contribution in [0.1, 0.15) is 57.8 Å². The molecule has 1 amide bonds. The molecule has 1 aromatic heterocycles. The first-order valence-corrected chi connectivity index (χ1v) is 10.9. The molecule has 5 nitrogen and oxygen atoms in total. The number of carbonyl (C=O) groups is 2. The lowest BCUT2D eigenvalue weighted by molar-refractivity contribution is 0.0466. The zero-order valence-corrected chi connectivity index (χ0v) is 17.4. The van der Waals surface area contributed by atoms with Gasteiger partial charge in [-0.15, -0.1) is 11.3 Å². The van der Waals surface area contributed by atoms with E-state index in [0.29, 0.717) is 22.7 Å². The summed E-state index contributed by atoms with van der Waals surface area (Å²) < 4.78 is 5.59. The zero-order chi connectivity index (χ0) is 19.9. The van der Waals surface area contributed by atoms with E-state index in [9.17, 15) is 9.59 Å². The minimum absolute atomic E-state index is 0.198. The van der Waals surface area contributed by atoms with Gasteiger partial charge in [0.05, 0.1) is 5.56 Å². The molecule has 0 aliphatic heterocycles. The fraction of sp³-hybridized carbons (Fsp3) is 0.455. The van der Waals surface area contributed by atoms with Gasteiger partial charge in [0.1, 0.15) is 11.6 Å². The minimum atomic E-state index is -0.324. The highest BCUT2D eigenvalue weighted by molar-refractivity contribution is 7.17. The summed E-state index contributed by atoms with van der Waals surface area (Å²) >= 11 is 1.52. The number of fused-ring (bicyclic) bond motifs is 1. The Bertz CT molecular complexity index is 813. The summed E-state index contributed by atoms with van der Waals surface area (Å²) in [7, 11) is 0. The minimum Gasteiger partial charge on any atom is -0.461 e.